The second kappa shape index (κ2) is 15.7. The summed E-state index contributed by atoms with van der Waals surface area (Å²) in [5.74, 6) is 0.792. The number of carbonyl (C=O) groups excluding carboxylic acids is 1. The average Bonchev–Trinajstić information content (AvgIpc) is 2.95. The summed E-state index contributed by atoms with van der Waals surface area (Å²) in [6.45, 7) is 18.1. The smallest absolute Gasteiger partial charge is 0.245 e. The zero-order chi connectivity index (χ0) is 28.1. The number of nitrogens with zero attached hydrogens (tertiary/aromatic N) is 4. The number of benzene rings is 1. The summed E-state index contributed by atoms with van der Waals surface area (Å²) >= 11 is 0. The van der Waals surface area contributed by atoms with E-state index < -0.39 is 10.0 Å². The van der Waals surface area contributed by atoms with Gasteiger partial charge in [-0.25, -0.2) is 13.4 Å². The van der Waals surface area contributed by atoms with Crippen molar-refractivity contribution in [3.63, 3.8) is 0 Å². The monoisotopic (exact) mass is 546 g/mol. The Bertz CT molecular complexity index is 1090. The Hall–Kier alpha value is -2.63. The predicted octanol–water partition coefficient (Wildman–Crippen LogP) is 4.03. The van der Waals surface area contributed by atoms with Crippen LogP contribution in [0.15, 0.2) is 66.7 Å². The summed E-state index contributed by atoms with van der Waals surface area (Å²) in [5.41, 5.74) is 0.300. The van der Waals surface area contributed by atoms with Crippen molar-refractivity contribution >= 4 is 21.6 Å². The number of ketones is 1. The van der Waals surface area contributed by atoms with E-state index >= 15 is 0 Å². The molecule has 1 atom stereocenters. The number of ether oxygens (including phenoxy) is 2. The van der Waals surface area contributed by atoms with E-state index in [1.165, 1.54) is 10.4 Å². The van der Waals surface area contributed by atoms with Crippen LogP contribution in [0.5, 0.6) is 0 Å². The number of anilines is 1. The molecule has 1 fully saturated rings. The fourth-order valence-electron chi connectivity index (χ4n) is 4.58. The van der Waals surface area contributed by atoms with Crippen molar-refractivity contribution in [1.82, 2.24) is 14.2 Å². The van der Waals surface area contributed by atoms with Crippen molar-refractivity contribution in [2.24, 2.45) is 0 Å². The predicted molar refractivity (Wildman–Crippen MR) is 151 cm³/mol. The van der Waals surface area contributed by atoms with Gasteiger partial charge in [0, 0.05) is 51.2 Å². The number of hydrogen-bond acceptors (Lipinski definition) is 8. The molecule has 0 spiro atoms. The van der Waals surface area contributed by atoms with E-state index in [-0.39, 0.29) is 29.7 Å². The van der Waals surface area contributed by atoms with E-state index in [4.69, 9.17) is 9.47 Å². The van der Waals surface area contributed by atoms with Gasteiger partial charge in [-0.3, -0.25) is 9.69 Å². The third kappa shape index (κ3) is 7.94. The average molecular weight is 547 g/mol. The lowest BCUT2D eigenvalue weighted by molar-refractivity contribution is -0.123. The second-order valence-corrected chi connectivity index (χ2v) is 10.4. The summed E-state index contributed by atoms with van der Waals surface area (Å²) in [5, 5.41) is 0. The van der Waals surface area contributed by atoms with Crippen LogP contribution in [0.2, 0.25) is 0 Å². The minimum atomic E-state index is -3.70. The maximum absolute atomic E-state index is 13.2. The van der Waals surface area contributed by atoms with Gasteiger partial charge in [0.1, 0.15) is 5.82 Å². The third-order valence-electron chi connectivity index (χ3n) is 6.28. The zero-order valence-corrected chi connectivity index (χ0v) is 23.9. The lowest BCUT2D eigenvalue weighted by atomic mass is 10.1. The van der Waals surface area contributed by atoms with Gasteiger partial charge in [-0.05, 0) is 51.5 Å². The first-order valence-electron chi connectivity index (χ1n) is 13.1. The number of carbonyl (C=O) groups is 1. The fraction of sp³-hybridized carbons (Fsp3) is 0.500. The highest BCUT2D eigenvalue weighted by atomic mass is 32.2. The van der Waals surface area contributed by atoms with Crippen molar-refractivity contribution in [2.45, 2.75) is 51.5 Å². The van der Waals surface area contributed by atoms with Crippen LogP contribution in [0.25, 0.3) is 0 Å². The van der Waals surface area contributed by atoms with Crippen LogP contribution in [-0.2, 0) is 19.5 Å². The minimum absolute atomic E-state index is 0.0370. The summed E-state index contributed by atoms with van der Waals surface area (Å²) in [6, 6.07) is 12.3. The molecule has 2 aliphatic rings. The van der Waals surface area contributed by atoms with Gasteiger partial charge in [0.05, 0.1) is 17.6 Å². The van der Waals surface area contributed by atoms with Crippen LogP contribution >= 0.6 is 0 Å². The number of aromatic nitrogens is 1. The molecule has 1 aromatic heterocycles. The minimum Gasteiger partial charge on any atom is -0.354 e. The summed E-state index contributed by atoms with van der Waals surface area (Å²) < 4.78 is 37.9. The number of fused-ring (bicyclic) bond motifs is 1. The fourth-order valence-corrected chi connectivity index (χ4v) is 6.43. The van der Waals surface area contributed by atoms with Gasteiger partial charge in [-0.1, -0.05) is 25.1 Å². The summed E-state index contributed by atoms with van der Waals surface area (Å²) in [7, 11) is -3.70. The molecule has 38 heavy (non-hydrogen) atoms. The van der Waals surface area contributed by atoms with Gasteiger partial charge in [0.25, 0.3) is 0 Å². The van der Waals surface area contributed by atoms with Crippen LogP contribution in [0.3, 0.4) is 0 Å². The highest BCUT2D eigenvalue weighted by molar-refractivity contribution is 7.89. The second-order valence-electron chi connectivity index (χ2n) is 8.55. The molecule has 0 radical (unpaired) electrons. The van der Waals surface area contributed by atoms with E-state index in [0.29, 0.717) is 12.0 Å². The number of piperazine rings is 1. The van der Waals surface area contributed by atoms with E-state index in [9.17, 15) is 13.2 Å². The standard InChI is InChI=1S/C20H24N4O3S.C6H14O2.C2H4/c1-2-20(23-13-11-22(12-14-23)19-9-5-6-10-21-19)24-15-17(25)16-7-3-4-8-18(16)28(24,26)27;1-4-7-6(3)8-5-2;1-2/h3-10,20H,2,11-15H2,1H3;6H,4-5H2,1-3H3;1-2H2. The molecule has 3 heterocycles. The largest absolute Gasteiger partial charge is 0.354 e. The molecule has 2 aromatic rings. The van der Waals surface area contributed by atoms with E-state index in [2.05, 4.69) is 27.9 Å². The first-order chi connectivity index (χ1) is 18.3. The summed E-state index contributed by atoms with van der Waals surface area (Å²) in [4.78, 5) is 21.5. The van der Waals surface area contributed by atoms with Gasteiger partial charge >= 0.3 is 0 Å². The van der Waals surface area contributed by atoms with Crippen LogP contribution in [0.4, 0.5) is 5.82 Å². The molecule has 1 unspecified atom stereocenters. The quantitative estimate of drug-likeness (QED) is 0.362. The molecular weight excluding hydrogens is 504 g/mol. The van der Waals surface area contributed by atoms with Crippen molar-refractivity contribution in [3.05, 3.63) is 67.4 Å². The van der Waals surface area contributed by atoms with E-state index in [0.717, 1.165) is 45.2 Å². The van der Waals surface area contributed by atoms with Crippen molar-refractivity contribution in [3.8, 4) is 0 Å². The molecule has 0 aliphatic carbocycles. The Kier molecular flexibility index (Phi) is 13.1. The topological polar surface area (TPSA) is 92.3 Å². The molecule has 210 valence electrons. The number of sulfonamides is 1. The molecule has 1 saturated heterocycles. The van der Waals surface area contributed by atoms with E-state index in [1.807, 2.05) is 45.9 Å². The zero-order valence-electron chi connectivity index (χ0n) is 23.1. The molecule has 2 aliphatic heterocycles. The molecular formula is C28H42N4O5S. The van der Waals surface area contributed by atoms with Gasteiger partial charge in [-0.2, -0.15) is 4.31 Å². The highest BCUT2D eigenvalue weighted by Gasteiger charge is 2.41. The molecule has 4 rings (SSSR count). The van der Waals surface area contributed by atoms with Crippen molar-refractivity contribution in [2.75, 3.05) is 50.8 Å². The SMILES string of the molecule is C=C.CCC(N1CCN(c2ccccn2)CC1)N1CC(=O)c2ccccc2S1(=O)=O.CCOC(C)OCC. The lowest BCUT2D eigenvalue weighted by Crippen LogP contribution is -2.59. The number of Topliss-reactive ketones (excluding diaryl/α,β-unsaturated/α-hetero) is 1. The number of rotatable bonds is 8. The normalized spacial score (nSPS) is 18.0. The Morgan fingerprint density at radius 1 is 0.947 bits per heavy atom. The molecule has 0 saturated carbocycles. The maximum Gasteiger partial charge on any atom is 0.245 e. The molecule has 0 N–H and O–H groups in total. The van der Waals surface area contributed by atoms with Gasteiger partial charge in [0.15, 0.2) is 12.1 Å². The van der Waals surface area contributed by atoms with Crippen LogP contribution < -0.4 is 4.90 Å². The van der Waals surface area contributed by atoms with Crippen molar-refractivity contribution < 1.29 is 22.7 Å². The Morgan fingerprint density at radius 2 is 1.55 bits per heavy atom. The van der Waals surface area contributed by atoms with Crippen LogP contribution in [0.1, 0.15) is 44.5 Å². The maximum atomic E-state index is 13.2. The van der Waals surface area contributed by atoms with E-state index in [1.54, 1.807) is 24.4 Å². The molecule has 1 aromatic carbocycles. The Morgan fingerprint density at radius 3 is 2.11 bits per heavy atom. The van der Waals surface area contributed by atoms with Crippen LogP contribution in [0, 0.1) is 0 Å². The molecule has 0 amide bonds. The van der Waals surface area contributed by atoms with Crippen molar-refractivity contribution in [1.29, 1.82) is 0 Å². The van der Waals surface area contributed by atoms with Gasteiger partial charge in [-0.15, -0.1) is 13.2 Å². The number of pyridine rings is 1. The lowest BCUT2D eigenvalue weighted by Gasteiger charge is -2.44. The molecule has 0 bridgehead atoms. The number of hydrogen-bond donors (Lipinski definition) is 0. The van der Waals surface area contributed by atoms with Crippen LogP contribution in [-0.4, -0.2) is 86.8 Å². The highest BCUT2D eigenvalue weighted by Crippen LogP contribution is 2.30. The Balaban J connectivity index is 0.000000437. The summed E-state index contributed by atoms with van der Waals surface area (Å²) in [6.07, 6.45) is 2.04. The molecule has 9 nitrogen and oxygen atoms in total. The first-order valence-corrected chi connectivity index (χ1v) is 14.5. The van der Waals surface area contributed by atoms with Gasteiger partial charge < -0.3 is 14.4 Å². The third-order valence-corrected chi connectivity index (χ3v) is 8.18. The van der Waals surface area contributed by atoms with Gasteiger partial charge in [0.2, 0.25) is 10.0 Å². The first kappa shape index (κ1) is 31.6. The Labute approximate surface area is 228 Å². The molecule has 10 heteroatoms.